The topological polar surface area (TPSA) is 75.3 Å². The second-order valence-electron chi connectivity index (χ2n) is 4.15. The van der Waals surface area contributed by atoms with Crippen molar-refractivity contribution in [3.63, 3.8) is 0 Å². The minimum atomic E-state index is -4.08. The molecule has 2 rings (SSSR count). The first kappa shape index (κ1) is 16.7. The molecule has 0 saturated heterocycles. The fourth-order valence-corrected chi connectivity index (χ4v) is 2.82. The number of halogens is 3. The number of benzene rings is 2. The molecule has 2 aromatic rings. The van der Waals surface area contributed by atoms with Gasteiger partial charge < -0.3 is 0 Å². The normalized spacial score (nSPS) is 11.2. The summed E-state index contributed by atoms with van der Waals surface area (Å²) >= 11 is 11.3. The van der Waals surface area contributed by atoms with E-state index in [0.29, 0.717) is 5.02 Å². The Bertz CT molecular complexity index is 828. The lowest BCUT2D eigenvalue weighted by Crippen LogP contribution is -2.41. The second-order valence-corrected chi connectivity index (χ2v) is 6.67. The molecule has 0 heterocycles. The van der Waals surface area contributed by atoms with Gasteiger partial charge in [-0.2, -0.15) is 0 Å². The van der Waals surface area contributed by atoms with E-state index in [1.807, 2.05) is 10.3 Å². The predicted octanol–water partition coefficient (Wildman–Crippen LogP) is 2.76. The Morgan fingerprint density at radius 1 is 1.09 bits per heavy atom. The second kappa shape index (κ2) is 6.62. The maximum absolute atomic E-state index is 13.0. The summed E-state index contributed by atoms with van der Waals surface area (Å²) in [5.74, 6) is -1.44. The molecule has 1 amide bonds. The molecule has 2 N–H and O–H groups in total. The van der Waals surface area contributed by atoms with Gasteiger partial charge in [0.2, 0.25) is 0 Å². The van der Waals surface area contributed by atoms with Gasteiger partial charge in [-0.25, -0.2) is 12.8 Å². The molecule has 0 radical (unpaired) electrons. The molecular formula is C13H9Cl2FN2O3S. The van der Waals surface area contributed by atoms with Crippen LogP contribution in [0.15, 0.2) is 47.4 Å². The zero-order chi connectivity index (χ0) is 16.3. The Balaban J connectivity index is 2.12. The number of amides is 1. The van der Waals surface area contributed by atoms with Gasteiger partial charge in [-0.3, -0.25) is 10.2 Å². The van der Waals surface area contributed by atoms with Crippen LogP contribution in [0.3, 0.4) is 0 Å². The third-order valence-electron chi connectivity index (χ3n) is 2.59. The highest BCUT2D eigenvalue weighted by atomic mass is 35.5. The van der Waals surface area contributed by atoms with Gasteiger partial charge in [-0.15, -0.1) is 4.83 Å². The van der Waals surface area contributed by atoms with Crippen molar-refractivity contribution in [1.29, 1.82) is 0 Å². The van der Waals surface area contributed by atoms with E-state index in [1.165, 1.54) is 12.1 Å². The first-order valence-electron chi connectivity index (χ1n) is 5.82. The highest BCUT2D eigenvalue weighted by Crippen LogP contribution is 2.19. The molecule has 0 atom stereocenters. The molecular weight excluding hydrogens is 354 g/mol. The average molecular weight is 363 g/mol. The highest BCUT2D eigenvalue weighted by Gasteiger charge is 2.17. The van der Waals surface area contributed by atoms with E-state index in [4.69, 9.17) is 23.2 Å². The van der Waals surface area contributed by atoms with Crippen molar-refractivity contribution in [3.05, 3.63) is 63.9 Å². The minimum Gasteiger partial charge on any atom is -0.273 e. The molecule has 0 unspecified atom stereocenters. The monoisotopic (exact) mass is 362 g/mol. The first-order valence-corrected chi connectivity index (χ1v) is 8.06. The molecule has 0 aliphatic carbocycles. The van der Waals surface area contributed by atoms with E-state index in [1.54, 1.807) is 12.1 Å². The molecule has 116 valence electrons. The van der Waals surface area contributed by atoms with Gasteiger partial charge in [0.1, 0.15) is 5.82 Å². The zero-order valence-electron chi connectivity index (χ0n) is 10.8. The summed E-state index contributed by atoms with van der Waals surface area (Å²) in [5.41, 5.74) is 2.20. The summed E-state index contributed by atoms with van der Waals surface area (Å²) in [5, 5.41) is -0.00938. The summed E-state index contributed by atoms with van der Waals surface area (Å²) < 4.78 is 37.0. The number of nitrogens with one attached hydrogen (secondary N) is 2. The standard InChI is InChI=1S/C13H9Cl2FN2O3S/c14-9-3-1-2-8(6-9)13(19)17-18-22(20,21)10-4-5-12(16)11(15)7-10/h1-7,18H,(H,17,19). The Morgan fingerprint density at radius 2 is 1.82 bits per heavy atom. The molecule has 0 bridgehead atoms. The number of carbonyl (C=O) groups excluding carboxylic acids is 1. The third kappa shape index (κ3) is 3.95. The van der Waals surface area contributed by atoms with E-state index in [0.717, 1.165) is 18.2 Å². The smallest absolute Gasteiger partial charge is 0.266 e. The number of hydrogen-bond acceptors (Lipinski definition) is 3. The molecule has 0 spiro atoms. The van der Waals surface area contributed by atoms with Crippen LogP contribution in [0.1, 0.15) is 10.4 Å². The average Bonchev–Trinajstić information content (AvgIpc) is 2.47. The molecule has 0 aliphatic heterocycles. The van der Waals surface area contributed by atoms with Crippen molar-refractivity contribution >= 4 is 39.1 Å². The summed E-state index contributed by atoms with van der Waals surface area (Å²) in [6, 6.07) is 8.83. The lowest BCUT2D eigenvalue weighted by molar-refractivity contribution is 0.0945. The number of sulfonamides is 1. The van der Waals surface area contributed by atoms with Crippen molar-refractivity contribution in [2.75, 3.05) is 0 Å². The molecule has 9 heteroatoms. The largest absolute Gasteiger partial charge is 0.273 e. The summed E-state index contributed by atoms with van der Waals surface area (Å²) in [6.45, 7) is 0. The Labute approximate surface area is 136 Å². The van der Waals surface area contributed by atoms with Crippen molar-refractivity contribution in [2.24, 2.45) is 0 Å². The van der Waals surface area contributed by atoms with Crippen molar-refractivity contribution < 1.29 is 17.6 Å². The molecule has 0 aliphatic rings. The van der Waals surface area contributed by atoms with Gasteiger partial charge in [0, 0.05) is 10.6 Å². The minimum absolute atomic E-state index is 0.173. The van der Waals surface area contributed by atoms with Crippen LogP contribution in [0.25, 0.3) is 0 Å². The van der Waals surface area contributed by atoms with Crippen LogP contribution in [-0.4, -0.2) is 14.3 Å². The lowest BCUT2D eigenvalue weighted by atomic mass is 10.2. The summed E-state index contributed by atoms with van der Waals surface area (Å²) in [7, 11) is -4.08. The van der Waals surface area contributed by atoms with Gasteiger partial charge in [0.05, 0.1) is 9.92 Å². The van der Waals surface area contributed by atoms with Crippen molar-refractivity contribution in [3.8, 4) is 0 Å². The van der Waals surface area contributed by atoms with Gasteiger partial charge in [0.15, 0.2) is 0 Å². The number of carbonyl (C=O) groups is 1. The van der Waals surface area contributed by atoms with Crippen LogP contribution in [0, 0.1) is 5.82 Å². The van der Waals surface area contributed by atoms with Crippen LogP contribution in [0.4, 0.5) is 4.39 Å². The van der Waals surface area contributed by atoms with E-state index >= 15 is 0 Å². The van der Waals surface area contributed by atoms with Crippen LogP contribution < -0.4 is 10.3 Å². The third-order valence-corrected chi connectivity index (χ3v) is 4.36. The van der Waals surface area contributed by atoms with Crippen molar-refractivity contribution in [2.45, 2.75) is 4.90 Å². The van der Waals surface area contributed by atoms with E-state index in [9.17, 15) is 17.6 Å². The van der Waals surface area contributed by atoms with Gasteiger partial charge >= 0.3 is 0 Å². The quantitative estimate of drug-likeness (QED) is 0.821. The van der Waals surface area contributed by atoms with Gasteiger partial charge in [-0.1, -0.05) is 29.3 Å². The fraction of sp³-hybridized carbons (Fsp3) is 0. The van der Waals surface area contributed by atoms with Crippen LogP contribution in [0.2, 0.25) is 10.0 Å². The molecule has 22 heavy (non-hydrogen) atoms. The Morgan fingerprint density at radius 3 is 2.45 bits per heavy atom. The highest BCUT2D eigenvalue weighted by molar-refractivity contribution is 7.89. The zero-order valence-corrected chi connectivity index (χ0v) is 13.1. The van der Waals surface area contributed by atoms with E-state index in [-0.39, 0.29) is 15.5 Å². The lowest BCUT2D eigenvalue weighted by Gasteiger charge is -2.09. The van der Waals surface area contributed by atoms with Gasteiger partial charge in [0.25, 0.3) is 15.9 Å². The Kier molecular flexibility index (Phi) is 5.02. The van der Waals surface area contributed by atoms with Crippen LogP contribution >= 0.6 is 23.2 Å². The number of rotatable bonds is 4. The van der Waals surface area contributed by atoms with Crippen molar-refractivity contribution in [1.82, 2.24) is 10.3 Å². The summed E-state index contributed by atoms with van der Waals surface area (Å²) in [4.78, 5) is 13.4. The fourth-order valence-electron chi connectivity index (χ4n) is 1.52. The maximum Gasteiger partial charge on any atom is 0.266 e. The first-order chi connectivity index (χ1) is 10.3. The SMILES string of the molecule is O=C(NNS(=O)(=O)c1ccc(F)c(Cl)c1)c1cccc(Cl)c1. The van der Waals surface area contributed by atoms with Gasteiger partial charge in [-0.05, 0) is 36.4 Å². The number of hydrazine groups is 1. The van der Waals surface area contributed by atoms with E-state index in [2.05, 4.69) is 0 Å². The van der Waals surface area contributed by atoms with Crippen LogP contribution in [0.5, 0.6) is 0 Å². The maximum atomic E-state index is 13.0. The summed E-state index contributed by atoms with van der Waals surface area (Å²) in [6.07, 6.45) is 0. The molecule has 2 aromatic carbocycles. The molecule has 0 saturated carbocycles. The number of hydrogen-bond donors (Lipinski definition) is 2. The van der Waals surface area contributed by atoms with Crippen LogP contribution in [-0.2, 0) is 10.0 Å². The predicted molar refractivity (Wildman–Crippen MR) is 80.6 cm³/mol. The molecule has 0 aromatic heterocycles. The van der Waals surface area contributed by atoms with E-state index < -0.39 is 21.7 Å². The Hall–Kier alpha value is -1.67. The molecule has 5 nitrogen and oxygen atoms in total. The molecule has 0 fully saturated rings.